The lowest BCUT2D eigenvalue weighted by atomic mass is 10.1. The lowest BCUT2D eigenvalue weighted by molar-refractivity contribution is 0.395. The van der Waals surface area contributed by atoms with Gasteiger partial charge in [-0.25, -0.2) is 4.98 Å². The molecule has 0 aliphatic rings. The van der Waals surface area contributed by atoms with Crippen LogP contribution in [0.4, 0.5) is 0 Å². The molecular formula is C12H16N4O. The van der Waals surface area contributed by atoms with Crippen molar-refractivity contribution in [2.24, 2.45) is 0 Å². The van der Waals surface area contributed by atoms with E-state index in [-0.39, 0.29) is 0 Å². The molecule has 5 nitrogen and oxygen atoms in total. The maximum atomic E-state index is 4.74. The van der Waals surface area contributed by atoms with Crippen molar-refractivity contribution in [2.45, 2.75) is 19.8 Å². The molecule has 0 unspecified atom stereocenters. The lowest BCUT2D eigenvalue weighted by Crippen LogP contribution is -1.91. The van der Waals surface area contributed by atoms with E-state index in [1.807, 2.05) is 0 Å². The largest absolute Gasteiger partial charge is 0.480 e. The second-order valence-corrected chi connectivity index (χ2v) is 3.53. The van der Waals surface area contributed by atoms with Crippen LogP contribution in [0.5, 0.6) is 5.88 Å². The average molecular weight is 232 g/mol. The van der Waals surface area contributed by atoms with Gasteiger partial charge in [0.1, 0.15) is 0 Å². The Balaban J connectivity index is 0.000000171. The highest BCUT2D eigenvalue weighted by atomic mass is 16.5. The number of hydrogen-bond acceptors (Lipinski definition) is 5. The maximum Gasteiger partial charge on any atom is 0.231 e. The number of methoxy groups -OCH3 is 1. The number of hydrogen-bond donors (Lipinski definition) is 0. The van der Waals surface area contributed by atoms with Crippen LogP contribution in [0, 0.1) is 0 Å². The highest BCUT2D eigenvalue weighted by Gasteiger charge is 1.96. The predicted molar refractivity (Wildman–Crippen MR) is 64.7 cm³/mol. The summed E-state index contributed by atoms with van der Waals surface area (Å²) in [5.74, 6) is 1.03. The highest BCUT2D eigenvalue weighted by Crippen LogP contribution is 2.06. The summed E-state index contributed by atoms with van der Waals surface area (Å²) in [6.07, 6.45) is 9.94. The molecule has 0 N–H and O–H groups in total. The molecule has 0 aromatic carbocycles. The second-order valence-electron chi connectivity index (χ2n) is 3.53. The third kappa shape index (κ3) is 5.01. The topological polar surface area (TPSA) is 60.8 Å². The third-order valence-electron chi connectivity index (χ3n) is 1.92. The van der Waals surface area contributed by atoms with Crippen LogP contribution in [-0.2, 0) is 0 Å². The van der Waals surface area contributed by atoms with Gasteiger partial charge in [0.15, 0.2) is 0 Å². The van der Waals surface area contributed by atoms with Crippen molar-refractivity contribution in [2.75, 3.05) is 7.11 Å². The van der Waals surface area contributed by atoms with Crippen molar-refractivity contribution < 1.29 is 4.74 Å². The molecule has 0 aliphatic carbocycles. The number of rotatable bonds is 2. The predicted octanol–water partition coefficient (Wildman–Crippen LogP) is 2.09. The fraction of sp³-hybridized carbons (Fsp3) is 0.333. The summed E-state index contributed by atoms with van der Waals surface area (Å²) in [5.41, 5.74) is 1.05. The van der Waals surface area contributed by atoms with Crippen molar-refractivity contribution in [3.8, 4) is 5.88 Å². The number of ether oxygens (including phenoxy) is 1. The Hall–Kier alpha value is -2.04. The molecule has 0 bridgehead atoms. The molecular weight excluding hydrogens is 216 g/mol. The van der Waals surface area contributed by atoms with Crippen molar-refractivity contribution in [1.29, 1.82) is 0 Å². The molecule has 17 heavy (non-hydrogen) atoms. The van der Waals surface area contributed by atoms with E-state index >= 15 is 0 Å². The van der Waals surface area contributed by atoms with E-state index in [9.17, 15) is 0 Å². The molecule has 0 radical (unpaired) electrons. The quantitative estimate of drug-likeness (QED) is 0.793. The first-order valence-electron chi connectivity index (χ1n) is 5.30. The van der Waals surface area contributed by atoms with Gasteiger partial charge in [-0.15, -0.1) is 0 Å². The summed E-state index contributed by atoms with van der Waals surface area (Å²) in [5, 5.41) is 0. The minimum absolute atomic E-state index is 0.485. The van der Waals surface area contributed by atoms with Gasteiger partial charge in [0.2, 0.25) is 5.88 Å². The van der Waals surface area contributed by atoms with E-state index < -0.39 is 0 Å². The summed E-state index contributed by atoms with van der Waals surface area (Å²) in [6, 6.07) is 0. The molecule has 0 aliphatic heterocycles. The first-order valence-corrected chi connectivity index (χ1v) is 5.30. The van der Waals surface area contributed by atoms with E-state index in [4.69, 9.17) is 4.74 Å². The first kappa shape index (κ1) is 13.0. The number of nitrogens with zero attached hydrogens (tertiary/aromatic N) is 4. The zero-order chi connectivity index (χ0) is 12.5. The Kier molecular flexibility index (Phi) is 5.57. The second kappa shape index (κ2) is 7.27. The van der Waals surface area contributed by atoms with Crippen LogP contribution in [0.2, 0.25) is 0 Å². The fourth-order valence-electron chi connectivity index (χ4n) is 1.000. The third-order valence-corrected chi connectivity index (χ3v) is 1.92. The van der Waals surface area contributed by atoms with Crippen LogP contribution in [-0.4, -0.2) is 27.0 Å². The number of aromatic nitrogens is 4. The van der Waals surface area contributed by atoms with Gasteiger partial charge in [-0.1, -0.05) is 13.8 Å². The minimum atomic E-state index is 0.485. The van der Waals surface area contributed by atoms with Crippen LogP contribution in [0.3, 0.4) is 0 Å². The van der Waals surface area contributed by atoms with Crippen molar-refractivity contribution in [1.82, 2.24) is 19.9 Å². The Bertz CT molecular complexity index is 405. The van der Waals surface area contributed by atoms with Crippen molar-refractivity contribution in [3.05, 3.63) is 42.9 Å². The summed E-state index contributed by atoms with van der Waals surface area (Å²) in [7, 11) is 1.56. The average Bonchev–Trinajstić information content (AvgIpc) is 2.41. The smallest absolute Gasteiger partial charge is 0.231 e. The first-order chi connectivity index (χ1) is 8.24. The van der Waals surface area contributed by atoms with E-state index in [0.717, 1.165) is 5.69 Å². The SMILES string of the molecule is CC(C)c1cnccn1.COc1cnccn1. The Morgan fingerprint density at radius 2 is 1.59 bits per heavy atom. The molecule has 0 fully saturated rings. The molecule has 2 rings (SSSR count). The molecule has 5 heteroatoms. The summed E-state index contributed by atoms with van der Waals surface area (Å²) in [4.78, 5) is 15.6. The van der Waals surface area contributed by atoms with Crippen LogP contribution >= 0.6 is 0 Å². The van der Waals surface area contributed by atoms with Gasteiger partial charge < -0.3 is 4.74 Å². The van der Waals surface area contributed by atoms with E-state index in [1.165, 1.54) is 0 Å². The van der Waals surface area contributed by atoms with Gasteiger partial charge in [0, 0.05) is 31.0 Å². The molecule has 0 amide bonds. The molecule has 0 atom stereocenters. The monoisotopic (exact) mass is 232 g/mol. The van der Waals surface area contributed by atoms with Crippen LogP contribution in [0.15, 0.2) is 37.2 Å². The fourth-order valence-corrected chi connectivity index (χ4v) is 1.000. The zero-order valence-corrected chi connectivity index (χ0v) is 10.2. The summed E-state index contributed by atoms with van der Waals surface area (Å²) >= 11 is 0. The zero-order valence-electron chi connectivity index (χ0n) is 10.2. The van der Waals surface area contributed by atoms with E-state index in [0.29, 0.717) is 11.8 Å². The van der Waals surface area contributed by atoms with Crippen LogP contribution < -0.4 is 4.74 Å². The molecule has 0 saturated heterocycles. The maximum absolute atomic E-state index is 4.74. The van der Waals surface area contributed by atoms with Gasteiger partial charge in [0.05, 0.1) is 19.0 Å². The van der Waals surface area contributed by atoms with Crippen LogP contribution in [0.25, 0.3) is 0 Å². The Labute approximate surface area is 101 Å². The summed E-state index contributed by atoms with van der Waals surface area (Å²) < 4.78 is 4.74. The molecule has 2 aromatic heterocycles. The van der Waals surface area contributed by atoms with Gasteiger partial charge in [-0.3, -0.25) is 15.0 Å². The standard InChI is InChI=1S/C7H10N2.C5H6N2O/c1-6(2)7-5-8-3-4-9-7;1-8-5-4-6-2-3-7-5/h3-6H,1-2H3;2-4H,1H3. The normalized spacial score (nSPS) is 9.41. The minimum Gasteiger partial charge on any atom is -0.480 e. The Morgan fingerprint density at radius 1 is 0.941 bits per heavy atom. The van der Waals surface area contributed by atoms with Gasteiger partial charge >= 0.3 is 0 Å². The Morgan fingerprint density at radius 3 is 1.88 bits per heavy atom. The van der Waals surface area contributed by atoms with E-state index in [1.54, 1.807) is 44.3 Å². The highest BCUT2D eigenvalue weighted by molar-refractivity contribution is 5.00. The van der Waals surface area contributed by atoms with E-state index in [2.05, 4.69) is 33.8 Å². The van der Waals surface area contributed by atoms with Gasteiger partial charge in [-0.05, 0) is 5.92 Å². The van der Waals surface area contributed by atoms with Crippen LogP contribution in [0.1, 0.15) is 25.5 Å². The van der Waals surface area contributed by atoms with Gasteiger partial charge in [-0.2, -0.15) is 0 Å². The van der Waals surface area contributed by atoms with Crippen molar-refractivity contribution in [3.63, 3.8) is 0 Å². The molecule has 90 valence electrons. The van der Waals surface area contributed by atoms with Crippen molar-refractivity contribution >= 4 is 0 Å². The molecule has 0 saturated carbocycles. The lowest BCUT2D eigenvalue weighted by Gasteiger charge is -1.99. The molecule has 2 heterocycles. The summed E-state index contributed by atoms with van der Waals surface area (Å²) in [6.45, 7) is 4.20. The molecule has 2 aromatic rings. The van der Waals surface area contributed by atoms with Gasteiger partial charge in [0.25, 0.3) is 0 Å². The molecule has 0 spiro atoms.